The Bertz CT molecular complexity index is 539. The van der Waals surface area contributed by atoms with Gasteiger partial charge in [-0.05, 0) is 56.0 Å². The predicted molar refractivity (Wildman–Crippen MR) is 89.7 cm³/mol. The Hall–Kier alpha value is -1.12. The summed E-state index contributed by atoms with van der Waals surface area (Å²) in [6.45, 7) is 9.89. The fourth-order valence-corrected chi connectivity index (χ4v) is 3.68. The molecule has 2 aromatic rings. The Kier molecular flexibility index (Phi) is 5.38. The molecule has 0 bridgehead atoms. The van der Waals surface area contributed by atoms with Gasteiger partial charge >= 0.3 is 0 Å². The normalized spacial score (nSPS) is 12.6. The summed E-state index contributed by atoms with van der Waals surface area (Å²) in [5.74, 6) is 0. The summed E-state index contributed by atoms with van der Waals surface area (Å²) in [6.07, 6.45) is 2.26. The number of thiophene rings is 1. The molecule has 2 rings (SSSR count). The van der Waals surface area contributed by atoms with Gasteiger partial charge in [-0.1, -0.05) is 38.1 Å². The Morgan fingerprint density at radius 3 is 2.30 bits per heavy atom. The summed E-state index contributed by atoms with van der Waals surface area (Å²) in [5, 5.41) is 3.70. The first-order chi connectivity index (χ1) is 9.65. The van der Waals surface area contributed by atoms with Gasteiger partial charge in [-0.25, -0.2) is 0 Å². The summed E-state index contributed by atoms with van der Waals surface area (Å²) in [5.41, 5.74) is 4.18. The maximum atomic E-state index is 3.70. The quantitative estimate of drug-likeness (QED) is 0.787. The maximum Gasteiger partial charge on any atom is 0.0673 e. The lowest BCUT2D eigenvalue weighted by molar-refractivity contribution is 0.604. The van der Waals surface area contributed by atoms with Gasteiger partial charge in [0.1, 0.15) is 0 Å². The van der Waals surface area contributed by atoms with Crippen molar-refractivity contribution in [3.63, 3.8) is 0 Å². The molecular weight excluding hydrogens is 262 g/mol. The van der Waals surface area contributed by atoms with E-state index in [4.69, 9.17) is 0 Å². The molecule has 0 aliphatic rings. The molecular formula is C18H25NS. The molecule has 1 heterocycles. The van der Waals surface area contributed by atoms with Crippen LogP contribution in [0.4, 0.5) is 0 Å². The van der Waals surface area contributed by atoms with Crippen molar-refractivity contribution in [3.8, 4) is 0 Å². The molecule has 1 unspecified atom stereocenters. The van der Waals surface area contributed by atoms with Crippen LogP contribution >= 0.6 is 11.3 Å². The molecule has 0 amide bonds. The van der Waals surface area contributed by atoms with E-state index in [9.17, 15) is 0 Å². The van der Waals surface area contributed by atoms with E-state index in [-0.39, 0.29) is 0 Å². The summed E-state index contributed by atoms with van der Waals surface area (Å²) < 4.78 is 0. The zero-order valence-electron chi connectivity index (χ0n) is 13.0. The van der Waals surface area contributed by atoms with E-state index in [1.54, 1.807) is 0 Å². The van der Waals surface area contributed by atoms with Crippen LogP contribution in [0.15, 0.2) is 30.3 Å². The Morgan fingerprint density at radius 1 is 1.10 bits per heavy atom. The zero-order valence-corrected chi connectivity index (χ0v) is 13.8. The van der Waals surface area contributed by atoms with Crippen LogP contribution < -0.4 is 5.32 Å². The Labute approximate surface area is 127 Å². The lowest BCUT2D eigenvalue weighted by atomic mass is 10.0. The first-order valence-corrected chi connectivity index (χ1v) is 8.36. The van der Waals surface area contributed by atoms with Crippen LogP contribution in [0.25, 0.3) is 0 Å². The van der Waals surface area contributed by atoms with Gasteiger partial charge < -0.3 is 5.32 Å². The molecule has 0 fully saturated rings. The highest BCUT2D eigenvalue weighted by Crippen LogP contribution is 2.32. The molecule has 1 aromatic heterocycles. The fraction of sp³-hybridized carbons (Fsp3) is 0.444. The third kappa shape index (κ3) is 3.50. The van der Waals surface area contributed by atoms with Crippen molar-refractivity contribution in [3.05, 3.63) is 56.8 Å². The van der Waals surface area contributed by atoms with E-state index in [0.717, 1.165) is 19.4 Å². The molecule has 0 radical (unpaired) electrons. The number of rotatable bonds is 6. The number of benzene rings is 1. The van der Waals surface area contributed by atoms with Crippen LogP contribution in [0.5, 0.6) is 0 Å². The molecule has 1 aromatic carbocycles. The Morgan fingerprint density at radius 2 is 1.80 bits per heavy atom. The van der Waals surface area contributed by atoms with Gasteiger partial charge in [0, 0.05) is 9.75 Å². The average Bonchev–Trinajstić information content (AvgIpc) is 2.79. The lowest BCUT2D eigenvalue weighted by Crippen LogP contribution is -2.23. The third-order valence-electron chi connectivity index (χ3n) is 3.66. The minimum atomic E-state index is 0.333. The standard InChI is InChI=1S/C18H25NS/c1-5-11-19-17(18-13(3)12-14(4)20-18)16-9-7-15(6-2)8-10-16/h7-10,12,17,19H,5-6,11H2,1-4H3. The van der Waals surface area contributed by atoms with Crippen LogP contribution in [0.1, 0.15) is 52.8 Å². The lowest BCUT2D eigenvalue weighted by Gasteiger charge is -2.19. The van der Waals surface area contributed by atoms with Crippen molar-refractivity contribution in [2.24, 2.45) is 0 Å². The summed E-state index contributed by atoms with van der Waals surface area (Å²) in [6, 6.07) is 11.7. The number of hydrogen-bond acceptors (Lipinski definition) is 2. The molecule has 2 heteroatoms. The van der Waals surface area contributed by atoms with Crippen molar-refractivity contribution < 1.29 is 0 Å². The molecule has 0 spiro atoms. The Balaban J connectivity index is 2.33. The van der Waals surface area contributed by atoms with Crippen molar-refractivity contribution in [2.75, 3.05) is 6.54 Å². The molecule has 1 N–H and O–H groups in total. The van der Waals surface area contributed by atoms with E-state index < -0.39 is 0 Å². The molecule has 0 saturated heterocycles. The minimum Gasteiger partial charge on any atom is -0.306 e. The van der Waals surface area contributed by atoms with Crippen molar-refractivity contribution in [1.29, 1.82) is 0 Å². The highest BCUT2D eigenvalue weighted by Gasteiger charge is 2.17. The second-order valence-corrected chi connectivity index (χ2v) is 6.67. The molecule has 0 aliphatic carbocycles. The first kappa shape index (κ1) is 15.3. The zero-order chi connectivity index (χ0) is 14.5. The molecule has 0 saturated carbocycles. The summed E-state index contributed by atoms with van der Waals surface area (Å²) >= 11 is 1.92. The summed E-state index contributed by atoms with van der Waals surface area (Å²) in [7, 11) is 0. The van der Waals surface area contributed by atoms with Crippen LogP contribution in [0, 0.1) is 13.8 Å². The van der Waals surface area contributed by atoms with E-state index in [1.807, 2.05) is 11.3 Å². The van der Waals surface area contributed by atoms with Crippen LogP contribution in [-0.4, -0.2) is 6.54 Å². The van der Waals surface area contributed by atoms with Gasteiger partial charge in [0.2, 0.25) is 0 Å². The van der Waals surface area contributed by atoms with Crippen molar-refractivity contribution >= 4 is 11.3 Å². The monoisotopic (exact) mass is 287 g/mol. The average molecular weight is 287 g/mol. The van der Waals surface area contributed by atoms with Gasteiger partial charge in [-0.2, -0.15) is 0 Å². The second-order valence-electron chi connectivity index (χ2n) is 5.39. The van der Waals surface area contributed by atoms with Gasteiger partial charge in [0.25, 0.3) is 0 Å². The van der Waals surface area contributed by atoms with Crippen molar-refractivity contribution in [2.45, 2.75) is 46.6 Å². The highest BCUT2D eigenvalue weighted by atomic mass is 32.1. The maximum absolute atomic E-state index is 3.70. The number of aryl methyl sites for hydroxylation is 3. The van der Waals surface area contributed by atoms with Crippen LogP contribution in [0.2, 0.25) is 0 Å². The van der Waals surface area contributed by atoms with E-state index in [2.05, 4.69) is 63.3 Å². The van der Waals surface area contributed by atoms with Crippen LogP contribution in [-0.2, 0) is 6.42 Å². The summed E-state index contributed by atoms with van der Waals surface area (Å²) in [4.78, 5) is 2.85. The fourth-order valence-electron chi connectivity index (χ4n) is 2.54. The SMILES string of the molecule is CCCNC(c1ccc(CC)cc1)c1sc(C)cc1C. The molecule has 108 valence electrons. The predicted octanol–water partition coefficient (Wildman–Crippen LogP) is 5.02. The van der Waals surface area contributed by atoms with Gasteiger partial charge in [-0.3, -0.25) is 0 Å². The molecule has 1 atom stereocenters. The van der Waals surface area contributed by atoms with Gasteiger partial charge in [-0.15, -0.1) is 11.3 Å². The highest BCUT2D eigenvalue weighted by molar-refractivity contribution is 7.12. The molecule has 0 aliphatic heterocycles. The number of nitrogens with one attached hydrogen (secondary N) is 1. The van der Waals surface area contributed by atoms with Gasteiger partial charge in [0.15, 0.2) is 0 Å². The van der Waals surface area contributed by atoms with Crippen LogP contribution in [0.3, 0.4) is 0 Å². The minimum absolute atomic E-state index is 0.333. The van der Waals surface area contributed by atoms with E-state index in [0.29, 0.717) is 6.04 Å². The largest absolute Gasteiger partial charge is 0.306 e. The topological polar surface area (TPSA) is 12.0 Å². The third-order valence-corrected chi connectivity index (χ3v) is 4.88. The van der Waals surface area contributed by atoms with Crippen molar-refractivity contribution in [1.82, 2.24) is 5.32 Å². The van der Waals surface area contributed by atoms with Gasteiger partial charge in [0.05, 0.1) is 6.04 Å². The number of hydrogen-bond donors (Lipinski definition) is 1. The first-order valence-electron chi connectivity index (χ1n) is 7.54. The molecule has 1 nitrogen and oxygen atoms in total. The second kappa shape index (κ2) is 7.05. The van der Waals surface area contributed by atoms with E-state index >= 15 is 0 Å². The smallest absolute Gasteiger partial charge is 0.0673 e. The molecule has 20 heavy (non-hydrogen) atoms. The van der Waals surface area contributed by atoms with E-state index in [1.165, 1.54) is 26.4 Å².